The molecule has 3 N–H and O–H groups in total. The van der Waals surface area contributed by atoms with Gasteiger partial charge in [0.05, 0.1) is 7.11 Å². The molecular formula is C35H42N4O7. The Morgan fingerprint density at radius 3 is 2.59 bits per heavy atom. The molecule has 3 aliphatic rings. The van der Waals surface area contributed by atoms with Crippen molar-refractivity contribution in [1.29, 1.82) is 0 Å². The summed E-state index contributed by atoms with van der Waals surface area (Å²) in [6, 6.07) is 9.24. The van der Waals surface area contributed by atoms with E-state index >= 15 is 0 Å². The molecule has 0 aliphatic heterocycles. The van der Waals surface area contributed by atoms with E-state index in [-0.39, 0.29) is 42.8 Å². The van der Waals surface area contributed by atoms with Crippen LogP contribution in [-0.4, -0.2) is 47.5 Å². The van der Waals surface area contributed by atoms with Crippen LogP contribution in [0.4, 0.5) is 5.69 Å². The second-order valence-corrected chi connectivity index (χ2v) is 13.1. The number of fused-ring (bicyclic) bond motifs is 3. The zero-order valence-corrected chi connectivity index (χ0v) is 26.9. The predicted molar refractivity (Wildman–Crippen MR) is 173 cm³/mol. The smallest absolute Gasteiger partial charge is 0.330 e. The highest BCUT2D eigenvalue weighted by Crippen LogP contribution is 2.61. The van der Waals surface area contributed by atoms with E-state index in [9.17, 15) is 24.0 Å². The molecule has 0 radical (unpaired) electrons. The van der Waals surface area contributed by atoms with E-state index in [0.29, 0.717) is 34.3 Å². The van der Waals surface area contributed by atoms with Crippen LogP contribution in [0.3, 0.4) is 0 Å². The number of aryl methyl sites for hydroxylation is 1. The van der Waals surface area contributed by atoms with Gasteiger partial charge in [-0.05, 0) is 74.0 Å². The molecule has 0 saturated heterocycles. The Hall–Kier alpha value is -4.67. The van der Waals surface area contributed by atoms with Crippen LogP contribution in [-0.2, 0) is 25.7 Å². The highest BCUT2D eigenvalue weighted by Gasteiger charge is 2.56. The van der Waals surface area contributed by atoms with Gasteiger partial charge in [-0.3, -0.25) is 19.2 Å². The van der Waals surface area contributed by atoms with Crippen LogP contribution in [0.2, 0.25) is 0 Å². The fraction of sp³-hybridized carbons (Fsp3) is 0.457. The molecule has 2 heterocycles. The summed E-state index contributed by atoms with van der Waals surface area (Å²) < 4.78 is 11.6. The van der Waals surface area contributed by atoms with Gasteiger partial charge in [0.25, 0.3) is 11.5 Å². The van der Waals surface area contributed by atoms with Crippen LogP contribution in [0.15, 0.2) is 64.0 Å². The highest BCUT2D eigenvalue weighted by atomic mass is 16.5. The van der Waals surface area contributed by atoms with Crippen molar-refractivity contribution in [3.63, 3.8) is 0 Å². The number of nitrogens with one attached hydrogen (secondary N) is 3. The van der Waals surface area contributed by atoms with Crippen LogP contribution in [0.25, 0.3) is 11.0 Å². The SMILES string of the molecule is COC(=O)/C=C/CCC(NC(=O)c1oc2ccccc2c1C)C(=O)Nc1cccn(CC(=O)N[C@@H]2C[C@@H]3C[C@H]([C@H]2C)C3(C)C)c1=O. The number of pyridine rings is 1. The van der Waals surface area contributed by atoms with Crippen molar-refractivity contribution in [3.8, 4) is 0 Å². The molecule has 3 fully saturated rings. The molecule has 1 unspecified atom stereocenters. The summed E-state index contributed by atoms with van der Waals surface area (Å²) in [6.45, 7) is 8.36. The third-order valence-corrected chi connectivity index (χ3v) is 10.0. The molecule has 11 nitrogen and oxygen atoms in total. The first-order chi connectivity index (χ1) is 21.9. The Morgan fingerprint density at radius 1 is 1.13 bits per heavy atom. The first-order valence-corrected chi connectivity index (χ1v) is 15.7. The summed E-state index contributed by atoms with van der Waals surface area (Å²) in [5.74, 6) is -0.453. The predicted octanol–water partition coefficient (Wildman–Crippen LogP) is 4.34. The van der Waals surface area contributed by atoms with Crippen molar-refractivity contribution in [3.05, 3.63) is 76.4 Å². The maximum atomic E-state index is 13.5. The average molecular weight is 631 g/mol. The summed E-state index contributed by atoms with van der Waals surface area (Å²) in [5, 5.41) is 9.26. The third-order valence-electron chi connectivity index (χ3n) is 10.0. The number of allylic oxidation sites excluding steroid dienone is 1. The molecule has 5 atom stereocenters. The summed E-state index contributed by atoms with van der Waals surface area (Å²) in [6.07, 6.45) is 6.77. The second-order valence-electron chi connectivity index (χ2n) is 13.1. The fourth-order valence-corrected chi connectivity index (χ4v) is 7.12. The number of anilines is 1. The number of hydrogen-bond donors (Lipinski definition) is 3. The number of esters is 1. The van der Waals surface area contributed by atoms with Crippen molar-refractivity contribution in [1.82, 2.24) is 15.2 Å². The molecular weight excluding hydrogens is 588 g/mol. The quantitative estimate of drug-likeness (QED) is 0.211. The molecule has 3 saturated carbocycles. The lowest BCUT2D eigenvalue weighted by Crippen LogP contribution is -2.60. The first-order valence-electron chi connectivity index (χ1n) is 15.7. The Bertz CT molecular complexity index is 1740. The number of amides is 3. The monoisotopic (exact) mass is 630 g/mol. The summed E-state index contributed by atoms with van der Waals surface area (Å²) in [4.78, 5) is 64.6. The number of furan rings is 1. The van der Waals surface area contributed by atoms with E-state index in [1.807, 2.05) is 12.1 Å². The van der Waals surface area contributed by atoms with Gasteiger partial charge >= 0.3 is 5.97 Å². The average Bonchev–Trinajstić information content (AvgIpc) is 3.37. The maximum absolute atomic E-state index is 13.5. The lowest BCUT2D eigenvalue weighted by atomic mass is 9.45. The van der Waals surface area contributed by atoms with Gasteiger partial charge in [-0.2, -0.15) is 0 Å². The van der Waals surface area contributed by atoms with Gasteiger partial charge in [-0.15, -0.1) is 0 Å². The van der Waals surface area contributed by atoms with E-state index in [1.165, 1.54) is 42.5 Å². The summed E-state index contributed by atoms with van der Waals surface area (Å²) in [7, 11) is 1.26. The van der Waals surface area contributed by atoms with Crippen LogP contribution in [0.5, 0.6) is 0 Å². The Labute approximate surface area is 267 Å². The minimum Gasteiger partial charge on any atom is -0.466 e. The Morgan fingerprint density at radius 2 is 1.89 bits per heavy atom. The summed E-state index contributed by atoms with van der Waals surface area (Å²) >= 11 is 0. The number of hydrogen-bond acceptors (Lipinski definition) is 7. The number of aromatic nitrogens is 1. The molecule has 2 aromatic heterocycles. The fourth-order valence-electron chi connectivity index (χ4n) is 7.12. The lowest BCUT2D eigenvalue weighted by Gasteiger charge is -2.62. The number of nitrogens with zero attached hydrogens (tertiary/aromatic N) is 1. The number of para-hydroxylation sites is 1. The van der Waals surface area contributed by atoms with Crippen molar-refractivity contribution in [2.45, 2.75) is 72.0 Å². The number of carbonyl (C=O) groups is 4. The minimum atomic E-state index is -1.08. The van der Waals surface area contributed by atoms with Gasteiger partial charge in [-0.25, -0.2) is 4.79 Å². The largest absolute Gasteiger partial charge is 0.466 e. The molecule has 0 spiro atoms. The number of rotatable bonds is 11. The molecule has 244 valence electrons. The lowest BCUT2D eigenvalue weighted by molar-refractivity contribution is -0.135. The van der Waals surface area contributed by atoms with E-state index in [1.54, 1.807) is 25.1 Å². The van der Waals surface area contributed by atoms with Crippen molar-refractivity contribution in [2.24, 2.45) is 23.2 Å². The van der Waals surface area contributed by atoms with Gasteiger partial charge in [0.15, 0.2) is 5.76 Å². The number of benzene rings is 1. The van der Waals surface area contributed by atoms with E-state index in [4.69, 9.17) is 4.42 Å². The number of ether oxygens (including phenoxy) is 1. The normalized spacial score (nSPS) is 22.1. The maximum Gasteiger partial charge on any atom is 0.330 e. The second kappa shape index (κ2) is 13.4. The third kappa shape index (κ3) is 6.63. The zero-order chi connectivity index (χ0) is 33.2. The van der Waals surface area contributed by atoms with E-state index in [2.05, 4.69) is 41.5 Å². The van der Waals surface area contributed by atoms with Gasteiger partial charge in [0, 0.05) is 29.3 Å². The molecule has 3 aromatic rings. The van der Waals surface area contributed by atoms with Crippen molar-refractivity contribution in [2.75, 3.05) is 12.4 Å². The van der Waals surface area contributed by atoms with Crippen molar-refractivity contribution < 1.29 is 28.3 Å². The molecule has 11 heteroatoms. The molecule has 2 bridgehead atoms. The van der Waals surface area contributed by atoms with Gasteiger partial charge < -0.3 is 29.7 Å². The molecule has 46 heavy (non-hydrogen) atoms. The minimum absolute atomic E-state index is 0.0291. The zero-order valence-electron chi connectivity index (χ0n) is 26.9. The Balaban J connectivity index is 1.27. The number of carbonyl (C=O) groups excluding carboxylic acids is 4. The Kier molecular flexibility index (Phi) is 9.50. The standard InChI is InChI=1S/C35H42N4O7/c1-20-23-11-6-8-14-28(23)46-31(20)33(43)37-25(12-7-9-15-30(41)45-5)32(42)38-26-13-10-16-39(34(26)44)19-29(40)36-27-18-22-17-24(21(27)2)35(22,3)4/h6,8-11,13-16,21-22,24-25,27H,7,12,17-19H2,1-5H3,(H,36,40)(H,37,43)(H,38,42)/b15-9+/t21-,22+,24-,25?,27-/m1/s1. The van der Waals surface area contributed by atoms with Crippen LogP contribution < -0.4 is 21.5 Å². The van der Waals surface area contributed by atoms with Crippen molar-refractivity contribution >= 4 is 40.3 Å². The first kappa shape index (κ1) is 32.7. The van der Waals surface area contributed by atoms with E-state index in [0.717, 1.165) is 11.8 Å². The number of methoxy groups -OCH3 is 1. The van der Waals surface area contributed by atoms with Gasteiger partial charge in [0.1, 0.15) is 23.9 Å². The summed E-state index contributed by atoms with van der Waals surface area (Å²) in [5.41, 5.74) is 0.892. The molecule has 1 aromatic carbocycles. The van der Waals surface area contributed by atoms with Crippen LogP contribution >= 0.6 is 0 Å². The molecule has 3 amide bonds. The molecule has 3 aliphatic carbocycles. The topological polar surface area (TPSA) is 149 Å². The van der Waals surface area contributed by atoms with Gasteiger partial charge in [0.2, 0.25) is 11.8 Å². The van der Waals surface area contributed by atoms with E-state index < -0.39 is 29.4 Å². The highest BCUT2D eigenvalue weighted by molar-refractivity contribution is 6.03. The van der Waals surface area contributed by atoms with Gasteiger partial charge in [-0.1, -0.05) is 45.0 Å². The molecule has 6 rings (SSSR count). The van der Waals surface area contributed by atoms with Crippen LogP contribution in [0, 0.1) is 30.1 Å². The van der Waals surface area contributed by atoms with Crippen LogP contribution in [0.1, 0.15) is 62.6 Å².